The molecule has 1 N–H and O–H groups in total. The Hall–Kier alpha value is -2.43. The van der Waals surface area contributed by atoms with E-state index in [1.165, 1.54) is 0 Å². The Morgan fingerprint density at radius 3 is 2.67 bits per heavy atom. The summed E-state index contributed by atoms with van der Waals surface area (Å²) in [5.74, 6) is -0.0254. The molecule has 1 amide bonds. The smallest absolute Gasteiger partial charge is 0.238 e. The molecule has 0 aliphatic heterocycles. The van der Waals surface area contributed by atoms with E-state index in [0.29, 0.717) is 18.2 Å². The molecule has 0 saturated carbocycles. The number of benzene rings is 2. The lowest BCUT2D eigenvalue weighted by molar-refractivity contribution is -0.117. The molecule has 140 valence electrons. The van der Waals surface area contributed by atoms with Crippen LogP contribution in [0.4, 0.5) is 5.69 Å². The zero-order valence-electron chi connectivity index (χ0n) is 15.7. The van der Waals surface area contributed by atoms with Gasteiger partial charge in [-0.15, -0.1) is 0 Å². The van der Waals surface area contributed by atoms with Crippen LogP contribution in [0, 0.1) is 6.92 Å². The van der Waals surface area contributed by atoms with Crippen LogP contribution in [-0.4, -0.2) is 28.9 Å². The average molecular weight is 382 g/mol. The summed E-state index contributed by atoms with van der Waals surface area (Å²) in [5.41, 5.74) is 3.72. The first-order valence-electron chi connectivity index (χ1n) is 9.19. The third-order valence-corrected chi connectivity index (χ3v) is 4.80. The molecule has 0 unspecified atom stereocenters. The Morgan fingerprint density at radius 1 is 1.15 bits per heavy atom. The Labute approximate surface area is 165 Å². The first-order chi connectivity index (χ1) is 13.1. The number of anilines is 1. The normalized spacial score (nSPS) is 11.1. The van der Waals surface area contributed by atoms with Gasteiger partial charge in [-0.25, -0.2) is 4.98 Å². The SMILES string of the molecule is CCCN(CC(=O)Nc1ccccc1C)Cc1cc2ccccc2nc1Cl. The summed E-state index contributed by atoms with van der Waals surface area (Å²) in [6.45, 7) is 5.80. The van der Waals surface area contributed by atoms with Crippen LogP contribution in [-0.2, 0) is 11.3 Å². The summed E-state index contributed by atoms with van der Waals surface area (Å²) in [7, 11) is 0. The number of aryl methyl sites for hydroxylation is 1. The second-order valence-corrected chi connectivity index (χ2v) is 7.06. The average Bonchev–Trinajstić information content (AvgIpc) is 2.64. The largest absolute Gasteiger partial charge is 0.325 e. The Balaban J connectivity index is 1.73. The summed E-state index contributed by atoms with van der Waals surface area (Å²) in [6.07, 6.45) is 0.955. The fraction of sp³-hybridized carbons (Fsp3) is 0.273. The summed E-state index contributed by atoms with van der Waals surface area (Å²) in [6, 6.07) is 17.8. The maximum atomic E-state index is 12.5. The molecule has 4 nitrogen and oxygen atoms in total. The maximum Gasteiger partial charge on any atom is 0.238 e. The van der Waals surface area contributed by atoms with E-state index in [9.17, 15) is 4.79 Å². The van der Waals surface area contributed by atoms with Crippen molar-refractivity contribution < 1.29 is 4.79 Å². The molecular weight excluding hydrogens is 358 g/mol. The number of para-hydroxylation sites is 2. The summed E-state index contributed by atoms with van der Waals surface area (Å²) < 4.78 is 0. The predicted molar refractivity (Wildman–Crippen MR) is 112 cm³/mol. The van der Waals surface area contributed by atoms with Gasteiger partial charge in [-0.1, -0.05) is 54.9 Å². The van der Waals surface area contributed by atoms with E-state index in [4.69, 9.17) is 11.6 Å². The van der Waals surface area contributed by atoms with Crippen molar-refractivity contribution in [2.45, 2.75) is 26.8 Å². The van der Waals surface area contributed by atoms with E-state index in [1.807, 2.05) is 55.5 Å². The summed E-state index contributed by atoms with van der Waals surface area (Å²) in [4.78, 5) is 19.1. The molecule has 0 fully saturated rings. The van der Waals surface area contributed by atoms with Crippen molar-refractivity contribution in [3.05, 3.63) is 70.9 Å². The summed E-state index contributed by atoms with van der Waals surface area (Å²) >= 11 is 6.40. The van der Waals surface area contributed by atoms with Gasteiger partial charge in [-0.3, -0.25) is 9.69 Å². The first-order valence-corrected chi connectivity index (χ1v) is 9.56. The molecule has 0 spiro atoms. The van der Waals surface area contributed by atoms with E-state index in [0.717, 1.165) is 40.7 Å². The van der Waals surface area contributed by atoms with Crippen LogP contribution in [0.15, 0.2) is 54.6 Å². The van der Waals surface area contributed by atoms with Crippen LogP contribution in [0.1, 0.15) is 24.5 Å². The van der Waals surface area contributed by atoms with Gasteiger partial charge in [-0.2, -0.15) is 0 Å². The van der Waals surface area contributed by atoms with Gasteiger partial charge in [0.05, 0.1) is 12.1 Å². The van der Waals surface area contributed by atoms with E-state index in [1.54, 1.807) is 0 Å². The Morgan fingerprint density at radius 2 is 1.89 bits per heavy atom. The molecule has 0 bridgehead atoms. The lowest BCUT2D eigenvalue weighted by atomic mass is 10.1. The highest BCUT2D eigenvalue weighted by Gasteiger charge is 2.14. The molecule has 0 saturated heterocycles. The highest BCUT2D eigenvalue weighted by Crippen LogP contribution is 2.22. The van der Waals surface area contributed by atoms with Crippen molar-refractivity contribution in [2.24, 2.45) is 0 Å². The van der Waals surface area contributed by atoms with Crippen LogP contribution in [0.2, 0.25) is 5.15 Å². The second-order valence-electron chi connectivity index (χ2n) is 6.70. The van der Waals surface area contributed by atoms with Crippen molar-refractivity contribution in [3.63, 3.8) is 0 Å². The van der Waals surface area contributed by atoms with Crippen LogP contribution >= 0.6 is 11.6 Å². The lowest BCUT2D eigenvalue weighted by Gasteiger charge is -2.22. The first kappa shape index (κ1) is 19.3. The number of carbonyl (C=O) groups excluding carboxylic acids is 1. The van der Waals surface area contributed by atoms with Crippen LogP contribution in [0.25, 0.3) is 10.9 Å². The van der Waals surface area contributed by atoms with E-state index >= 15 is 0 Å². The predicted octanol–water partition coefficient (Wildman–Crippen LogP) is 5.05. The van der Waals surface area contributed by atoms with E-state index in [-0.39, 0.29) is 5.91 Å². The fourth-order valence-corrected chi connectivity index (χ4v) is 3.33. The van der Waals surface area contributed by atoms with Crippen molar-refractivity contribution in [2.75, 3.05) is 18.4 Å². The van der Waals surface area contributed by atoms with Crippen molar-refractivity contribution in [3.8, 4) is 0 Å². The highest BCUT2D eigenvalue weighted by molar-refractivity contribution is 6.30. The molecular formula is C22H24ClN3O. The van der Waals surface area contributed by atoms with Gasteiger partial charge in [0.15, 0.2) is 0 Å². The number of nitrogens with one attached hydrogen (secondary N) is 1. The van der Waals surface area contributed by atoms with Gasteiger partial charge < -0.3 is 5.32 Å². The molecule has 3 aromatic rings. The maximum absolute atomic E-state index is 12.5. The summed E-state index contributed by atoms with van der Waals surface area (Å²) in [5, 5.41) is 4.55. The third kappa shape index (κ3) is 5.06. The molecule has 0 atom stereocenters. The molecule has 5 heteroatoms. The minimum atomic E-state index is -0.0254. The Bertz CT molecular complexity index is 942. The number of rotatable bonds is 7. The number of hydrogen-bond acceptors (Lipinski definition) is 3. The van der Waals surface area contributed by atoms with Crippen LogP contribution in [0.3, 0.4) is 0 Å². The number of amides is 1. The number of nitrogens with zero attached hydrogens (tertiary/aromatic N) is 2. The number of hydrogen-bond donors (Lipinski definition) is 1. The molecule has 3 rings (SSSR count). The van der Waals surface area contributed by atoms with Crippen molar-refractivity contribution in [1.82, 2.24) is 9.88 Å². The number of pyridine rings is 1. The van der Waals surface area contributed by atoms with Gasteiger partial charge in [0.2, 0.25) is 5.91 Å². The highest BCUT2D eigenvalue weighted by atomic mass is 35.5. The molecule has 0 radical (unpaired) electrons. The third-order valence-electron chi connectivity index (χ3n) is 4.47. The van der Waals surface area contributed by atoms with E-state index < -0.39 is 0 Å². The van der Waals surface area contributed by atoms with E-state index in [2.05, 4.69) is 28.2 Å². The second kappa shape index (κ2) is 8.98. The number of aromatic nitrogens is 1. The number of fused-ring (bicyclic) bond motifs is 1. The molecule has 1 heterocycles. The monoisotopic (exact) mass is 381 g/mol. The lowest BCUT2D eigenvalue weighted by Crippen LogP contribution is -2.33. The fourth-order valence-electron chi connectivity index (χ4n) is 3.12. The molecule has 2 aromatic carbocycles. The zero-order valence-corrected chi connectivity index (χ0v) is 16.5. The standard InChI is InChI=1S/C22H24ClN3O/c1-3-12-26(15-21(27)24-19-10-6-4-8-16(19)2)14-18-13-17-9-5-7-11-20(17)25-22(18)23/h4-11,13H,3,12,14-15H2,1-2H3,(H,24,27). The number of carbonyl (C=O) groups is 1. The van der Waals surface area contributed by atoms with Gasteiger partial charge in [0, 0.05) is 23.2 Å². The zero-order chi connectivity index (χ0) is 19.2. The van der Waals surface area contributed by atoms with Gasteiger partial charge in [0.25, 0.3) is 0 Å². The molecule has 0 aliphatic rings. The van der Waals surface area contributed by atoms with Gasteiger partial charge in [-0.05, 0) is 43.7 Å². The minimum Gasteiger partial charge on any atom is -0.325 e. The molecule has 27 heavy (non-hydrogen) atoms. The van der Waals surface area contributed by atoms with Crippen LogP contribution < -0.4 is 5.32 Å². The molecule has 0 aliphatic carbocycles. The van der Waals surface area contributed by atoms with Crippen molar-refractivity contribution in [1.29, 1.82) is 0 Å². The quantitative estimate of drug-likeness (QED) is 0.582. The van der Waals surface area contributed by atoms with Crippen molar-refractivity contribution >= 4 is 34.1 Å². The Kier molecular flexibility index (Phi) is 6.43. The van der Waals surface area contributed by atoms with Gasteiger partial charge in [0.1, 0.15) is 5.15 Å². The topological polar surface area (TPSA) is 45.2 Å². The minimum absolute atomic E-state index is 0.0254. The molecule has 1 aromatic heterocycles. The van der Waals surface area contributed by atoms with Crippen LogP contribution in [0.5, 0.6) is 0 Å². The number of halogens is 1. The van der Waals surface area contributed by atoms with Gasteiger partial charge >= 0.3 is 0 Å².